The van der Waals surface area contributed by atoms with Gasteiger partial charge in [-0.15, -0.1) is 0 Å². The standard InChI is InChI=1S/C44H42N2O4/c47-38-27-15-13-25-36(38)31-45-29-30-46(44(50)41(34-21-9-3-10-22-34)35-23-11-4-12-24-35)42(37-26-14-16-28-39(37)48)43(49)40(32-17-5-1-6-18-32)33-19-7-2-8-20-33/h1-28,31,40-44,47-50H,29-30H2. The van der Waals surface area contributed by atoms with E-state index in [0.717, 1.165) is 22.3 Å². The molecular weight excluding hydrogens is 620 g/mol. The van der Waals surface area contributed by atoms with Crippen LogP contribution < -0.4 is 0 Å². The van der Waals surface area contributed by atoms with E-state index in [9.17, 15) is 20.4 Å². The minimum absolute atomic E-state index is 0.0160. The number of para-hydroxylation sites is 2. The maximum absolute atomic E-state index is 12.8. The van der Waals surface area contributed by atoms with Crippen molar-refractivity contribution in [1.82, 2.24) is 4.90 Å². The number of aromatic hydroxyl groups is 2. The molecule has 0 aliphatic heterocycles. The Balaban J connectivity index is 1.50. The number of nitrogens with zero attached hydrogens (tertiary/aromatic N) is 2. The highest BCUT2D eigenvalue weighted by Gasteiger charge is 2.41. The van der Waals surface area contributed by atoms with Gasteiger partial charge in [0.15, 0.2) is 0 Å². The summed E-state index contributed by atoms with van der Waals surface area (Å²) in [5.41, 5.74) is 4.68. The van der Waals surface area contributed by atoms with Crippen molar-refractivity contribution in [1.29, 1.82) is 0 Å². The SMILES string of the molecule is Oc1ccccc1C=NCCN(C(O)C(c1ccccc1)c1ccccc1)C(c1ccccc1O)C(O)C(c1ccccc1)c1ccccc1. The van der Waals surface area contributed by atoms with Crippen LogP contribution in [0.3, 0.4) is 0 Å². The number of aliphatic hydroxyl groups is 2. The molecule has 0 saturated carbocycles. The fraction of sp³-hybridized carbons (Fsp3) is 0.159. The van der Waals surface area contributed by atoms with Crippen molar-refractivity contribution in [3.8, 4) is 11.5 Å². The molecule has 6 aromatic rings. The van der Waals surface area contributed by atoms with E-state index in [1.165, 1.54) is 0 Å². The zero-order chi connectivity index (χ0) is 34.7. The van der Waals surface area contributed by atoms with Crippen molar-refractivity contribution < 1.29 is 20.4 Å². The van der Waals surface area contributed by atoms with Gasteiger partial charge in [0.2, 0.25) is 0 Å². The minimum Gasteiger partial charge on any atom is -0.508 e. The molecule has 0 amide bonds. The zero-order valence-corrected chi connectivity index (χ0v) is 27.7. The molecular formula is C44H42N2O4. The van der Waals surface area contributed by atoms with E-state index >= 15 is 0 Å². The van der Waals surface area contributed by atoms with Gasteiger partial charge in [0, 0.05) is 35.7 Å². The lowest BCUT2D eigenvalue weighted by molar-refractivity contribution is -0.0738. The molecule has 0 spiro atoms. The lowest BCUT2D eigenvalue weighted by Gasteiger charge is -2.43. The van der Waals surface area contributed by atoms with Gasteiger partial charge in [-0.3, -0.25) is 9.89 Å². The van der Waals surface area contributed by atoms with Crippen LogP contribution in [0.15, 0.2) is 175 Å². The third-order valence-electron chi connectivity index (χ3n) is 9.20. The van der Waals surface area contributed by atoms with E-state index in [-0.39, 0.29) is 24.6 Å². The van der Waals surface area contributed by atoms with Crippen LogP contribution >= 0.6 is 0 Å². The number of aliphatic hydroxyl groups excluding tert-OH is 2. The third kappa shape index (κ3) is 8.01. The molecule has 0 saturated heterocycles. The zero-order valence-electron chi connectivity index (χ0n) is 27.7. The van der Waals surface area contributed by atoms with Crippen molar-refractivity contribution in [3.05, 3.63) is 203 Å². The summed E-state index contributed by atoms with van der Waals surface area (Å²) in [5, 5.41) is 47.4. The molecule has 0 aliphatic rings. The van der Waals surface area contributed by atoms with Crippen LogP contribution in [0, 0.1) is 0 Å². The first-order chi connectivity index (χ1) is 24.5. The van der Waals surface area contributed by atoms with Gasteiger partial charge in [-0.05, 0) is 40.5 Å². The van der Waals surface area contributed by atoms with Gasteiger partial charge < -0.3 is 20.4 Å². The van der Waals surface area contributed by atoms with Crippen LogP contribution in [-0.2, 0) is 0 Å². The molecule has 6 nitrogen and oxygen atoms in total. The Morgan fingerprint density at radius 1 is 0.500 bits per heavy atom. The summed E-state index contributed by atoms with van der Waals surface area (Å²) >= 11 is 0. The van der Waals surface area contributed by atoms with Crippen LogP contribution in [0.1, 0.15) is 51.3 Å². The Bertz CT molecular complexity index is 1860. The largest absolute Gasteiger partial charge is 0.508 e. The van der Waals surface area contributed by atoms with Gasteiger partial charge in [-0.25, -0.2) is 0 Å². The van der Waals surface area contributed by atoms with Crippen molar-refractivity contribution in [3.63, 3.8) is 0 Å². The van der Waals surface area contributed by atoms with Crippen molar-refractivity contribution >= 4 is 6.21 Å². The molecule has 0 aliphatic carbocycles. The molecule has 50 heavy (non-hydrogen) atoms. The fourth-order valence-corrected chi connectivity index (χ4v) is 6.80. The summed E-state index contributed by atoms with van der Waals surface area (Å²) in [5.74, 6) is -0.875. The maximum atomic E-state index is 12.8. The molecule has 252 valence electrons. The molecule has 0 fully saturated rings. The first-order valence-corrected chi connectivity index (χ1v) is 16.9. The Morgan fingerprint density at radius 2 is 0.920 bits per heavy atom. The number of phenols is 2. The summed E-state index contributed by atoms with van der Waals surface area (Å²) in [4.78, 5) is 6.53. The number of hydrogen-bond donors (Lipinski definition) is 4. The van der Waals surface area contributed by atoms with E-state index in [4.69, 9.17) is 0 Å². The molecule has 3 unspecified atom stereocenters. The number of benzene rings is 6. The molecule has 4 N–H and O–H groups in total. The Kier molecular flexibility index (Phi) is 11.5. The van der Waals surface area contributed by atoms with Crippen LogP contribution in [-0.4, -0.2) is 57.0 Å². The minimum atomic E-state index is -1.16. The maximum Gasteiger partial charge on any atom is 0.124 e. The van der Waals surface area contributed by atoms with Crippen LogP contribution in [0.25, 0.3) is 0 Å². The van der Waals surface area contributed by atoms with Gasteiger partial charge >= 0.3 is 0 Å². The molecule has 6 heteroatoms. The van der Waals surface area contributed by atoms with Crippen molar-refractivity contribution in [2.75, 3.05) is 13.1 Å². The molecule has 0 radical (unpaired) electrons. The van der Waals surface area contributed by atoms with Crippen molar-refractivity contribution in [2.24, 2.45) is 4.99 Å². The molecule has 0 bridgehead atoms. The number of aliphatic imine (C=N–C) groups is 1. The van der Waals surface area contributed by atoms with Gasteiger partial charge in [0.25, 0.3) is 0 Å². The first-order valence-electron chi connectivity index (χ1n) is 16.9. The highest BCUT2D eigenvalue weighted by Crippen LogP contribution is 2.43. The first kappa shape index (κ1) is 34.3. The van der Waals surface area contributed by atoms with Gasteiger partial charge in [-0.1, -0.05) is 152 Å². The second-order valence-electron chi connectivity index (χ2n) is 12.3. The molecule has 3 atom stereocenters. The normalized spacial score (nSPS) is 13.5. The molecule has 0 aromatic heterocycles. The van der Waals surface area contributed by atoms with Crippen molar-refractivity contribution in [2.45, 2.75) is 30.2 Å². The lowest BCUT2D eigenvalue weighted by Crippen LogP contribution is -2.49. The number of rotatable bonds is 14. The molecule has 6 aromatic carbocycles. The summed E-state index contributed by atoms with van der Waals surface area (Å²) in [6, 6.07) is 52.5. The van der Waals surface area contributed by atoms with Gasteiger partial charge in [0.1, 0.15) is 17.7 Å². The average molecular weight is 663 g/mol. The summed E-state index contributed by atoms with van der Waals surface area (Å²) in [6.45, 7) is 0.452. The quantitative estimate of drug-likeness (QED) is 0.0703. The summed E-state index contributed by atoms with van der Waals surface area (Å²) < 4.78 is 0. The monoisotopic (exact) mass is 662 g/mol. The number of phenolic OH excluding ortho intramolecular Hbond substituents is 2. The van der Waals surface area contributed by atoms with Crippen LogP contribution in [0.4, 0.5) is 0 Å². The van der Waals surface area contributed by atoms with E-state index in [1.807, 2.05) is 138 Å². The molecule has 6 rings (SSSR count). The highest BCUT2D eigenvalue weighted by molar-refractivity contribution is 5.83. The summed E-state index contributed by atoms with van der Waals surface area (Å²) in [6.07, 6.45) is -0.669. The fourth-order valence-electron chi connectivity index (χ4n) is 6.80. The van der Waals surface area contributed by atoms with Crippen LogP contribution in [0.2, 0.25) is 0 Å². The van der Waals surface area contributed by atoms with Crippen LogP contribution in [0.5, 0.6) is 11.5 Å². The second-order valence-corrected chi connectivity index (χ2v) is 12.3. The van der Waals surface area contributed by atoms with E-state index in [2.05, 4.69) is 4.99 Å². The van der Waals surface area contributed by atoms with E-state index in [1.54, 1.807) is 42.6 Å². The number of hydrogen-bond acceptors (Lipinski definition) is 6. The third-order valence-corrected chi connectivity index (χ3v) is 9.20. The Labute approximate surface area is 293 Å². The Hall–Kier alpha value is -5.53. The van der Waals surface area contributed by atoms with E-state index in [0.29, 0.717) is 11.1 Å². The van der Waals surface area contributed by atoms with Gasteiger partial charge in [0.05, 0.1) is 18.7 Å². The lowest BCUT2D eigenvalue weighted by atomic mass is 9.80. The topological polar surface area (TPSA) is 96.5 Å². The van der Waals surface area contributed by atoms with Gasteiger partial charge in [-0.2, -0.15) is 0 Å². The summed E-state index contributed by atoms with van der Waals surface area (Å²) in [7, 11) is 0. The second kappa shape index (κ2) is 16.7. The predicted molar refractivity (Wildman–Crippen MR) is 200 cm³/mol. The highest BCUT2D eigenvalue weighted by atomic mass is 16.3. The smallest absolute Gasteiger partial charge is 0.124 e. The van der Waals surface area contributed by atoms with E-state index < -0.39 is 30.2 Å². The Morgan fingerprint density at radius 3 is 1.40 bits per heavy atom. The molecule has 0 heterocycles. The predicted octanol–water partition coefficient (Wildman–Crippen LogP) is 7.90. The average Bonchev–Trinajstić information content (AvgIpc) is 3.16.